The molecule has 1 aromatic heterocycles. The summed E-state index contributed by atoms with van der Waals surface area (Å²) in [6.45, 7) is 5.77. The third-order valence-electron chi connectivity index (χ3n) is 18.7. The van der Waals surface area contributed by atoms with E-state index in [2.05, 4.69) is 21.7 Å². The van der Waals surface area contributed by atoms with E-state index in [1.807, 2.05) is 131 Å². The number of para-hydroxylation sites is 2. The van der Waals surface area contributed by atoms with Crippen LogP contribution in [0, 0.1) is 24.2 Å². The molecule has 99 heavy (non-hydrogen) atoms. The lowest BCUT2D eigenvalue weighted by Gasteiger charge is -2.46. The standard InChI is InChI=1S/C40H46F3N5O6.C33H41F3N4O5/c1-39(2,35-21-31(46-54-35)27-13-7-4-8-14-27)48-18-17-47(32(23-48)38(52)44-25-40(41,42)43)22-29(49)20-28(19-26-11-5-3-6-12-26)37(51)45-36-30-15-9-10-16-34(30)53-24-33(36)50;1-4-32(2,3)40-15-14-39(26(19-40)31(44)37-21-33(34,35)36)18-24(41)17-23(16-22-10-6-5-7-11-22)30(43)38-29-25-12-8-9-13-28(25)45-20-27(29)42/h3-16,21,28-29,32-33,36,49-50H,17-20,22-25H2,1-2H3,(H,44,52)(H,45,51);1,5-13,23-24,26-27,29,41-42H,14-21H2,2-3H3,(H,37,44)(H,38,43)/t28-,29+,32+,33-,36+;23-,24+,26+,27-,29+/m11/s1. The van der Waals surface area contributed by atoms with Gasteiger partial charge in [-0.2, -0.15) is 26.3 Å². The van der Waals surface area contributed by atoms with Gasteiger partial charge in [0, 0.05) is 87.0 Å². The number of hydrogen-bond donors (Lipinski definition) is 8. The average molecular weight is 1380 g/mol. The maximum Gasteiger partial charge on any atom is 0.405 e. The molecule has 0 spiro atoms. The van der Waals surface area contributed by atoms with Gasteiger partial charge in [0.15, 0.2) is 5.76 Å². The van der Waals surface area contributed by atoms with Crippen LogP contribution < -0.4 is 30.7 Å². The van der Waals surface area contributed by atoms with Crippen molar-refractivity contribution in [3.05, 3.63) is 174 Å². The number of halogens is 6. The van der Waals surface area contributed by atoms with Gasteiger partial charge < -0.3 is 55.7 Å². The number of fused-ring (bicyclic) bond motifs is 2. The molecule has 0 saturated carbocycles. The number of aromatic nitrogens is 1. The van der Waals surface area contributed by atoms with Crippen molar-refractivity contribution in [2.75, 3.05) is 78.7 Å². The summed E-state index contributed by atoms with van der Waals surface area (Å²) < 4.78 is 95.4. The topological polar surface area (TPSA) is 255 Å². The van der Waals surface area contributed by atoms with Gasteiger partial charge in [0.05, 0.1) is 35.4 Å². The Balaban J connectivity index is 0.000000235. The van der Waals surface area contributed by atoms with Gasteiger partial charge in [-0.3, -0.25) is 38.8 Å². The Morgan fingerprint density at radius 1 is 0.586 bits per heavy atom. The number of aliphatic hydroxyl groups excluding tert-OH is 4. The van der Waals surface area contributed by atoms with E-state index < -0.39 is 109 Å². The molecule has 6 aromatic rings. The zero-order chi connectivity index (χ0) is 71.2. The molecular formula is C73H87F6N9O11. The Labute approximate surface area is 572 Å². The monoisotopic (exact) mass is 1380 g/mol. The van der Waals surface area contributed by atoms with Gasteiger partial charge in [0.1, 0.15) is 67.8 Å². The number of aliphatic hydroxyl groups is 4. The van der Waals surface area contributed by atoms with Crippen molar-refractivity contribution < 1.29 is 79.9 Å². The van der Waals surface area contributed by atoms with E-state index in [0.717, 1.165) is 16.7 Å². The zero-order valence-corrected chi connectivity index (χ0v) is 55.7. The van der Waals surface area contributed by atoms with Crippen LogP contribution in [-0.4, -0.2) is 202 Å². The first-order valence-electron chi connectivity index (χ1n) is 33.1. The van der Waals surface area contributed by atoms with Gasteiger partial charge in [-0.25, -0.2) is 0 Å². The molecule has 10 atom stereocenters. The smallest absolute Gasteiger partial charge is 0.405 e. The van der Waals surface area contributed by atoms with Crippen molar-refractivity contribution in [3.8, 4) is 35.1 Å². The number of rotatable bonds is 24. The second-order valence-electron chi connectivity index (χ2n) is 26.6. The average Bonchev–Trinajstić information content (AvgIpc) is 1.70. The highest BCUT2D eigenvalue weighted by atomic mass is 19.4. The third kappa shape index (κ3) is 20.4. The minimum absolute atomic E-state index is 0.000859. The van der Waals surface area contributed by atoms with E-state index >= 15 is 0 Å². The summed E-state index contributed by atoms with van der Waals surface area (Å²) in [5, 5.41) is 58.5. The van der Waals surface area contributed by atoms with Crippen LogP contribution in [0.5, 0.6) is 11.5 Å². The summed E-state index contributed by atoms with van der Waals surface area (Å²) >= 11 is 0. The van der Waals surface area contributed by atoms with E-state index in [0.29, 0.717) is 53.6 Å². The highest BCUT2D eigenvalue weighted by Crippen LogP contribution is 2.37. The number of terminal acetylenes is 1. The SMILES string of the molecule is C#CC(C)(C)N1CCN(C[C@@H](O)C[C@@H](Cc2ccccc2)C(=O)N[C@H]2c3ccccc3OC[C@H]2O)[C@H](C(=O)NCC(F)(F)F)C1.CC(C)(c1cc(-c2ccccc2)no1)N1CCN(C[C@@H](O)C[C@@H](Cc2ccccc2)C(=O)N[C@H]2c3ccccc3OC[C@H]2O)[C@H](C(=O)NCC(F)(F)F)C1. The number of piperazine rings is 2. The van der Waals surface area contributed by atoms with Crippen molar-refractivity contribution in [1.29, 1.82) is 0 Å². The number of β-amino-alcohol motifs (C(OH)–C–C–N with tert-alkyl or cyclic N) is 2. The van der Waals surface area contributed by atoms with Gasteiger partial charge in [-0.05, 0) is 76.6 Å². The van der Waals surface area contributed by atoms with Crippen molar-refractivity contribution in [2.24, 2.45) is 11.8 Å². The molecule has 4 amide bonds. The Kier molecular flexibility index (Phi) is 25.1. The van der Waals surface area contributed by atoms with E-state index in [9.17, 15) is 65.9 Å². The maximum absolute atomic E-state index is 14.0. The van der Waals surface area contributed by atoms with Crippen LogP contribution >= 0.6 is 0 Å². The normalized spacial score (nSPS) is 21.4. The molecule has 4 aliphatic heterocycles. The molecule has 10 rings (SSSR count). The molecule has 8 N–H and O–H groups in total. The summed E-state index contributed by atoms with van der Waals surface area (Å²) in [5.41, 5.74) is 2.97. The fourth-order valence-corrected chi connectivity index (χ4v) is 13.1. The number of carbonyl (C=O) groups is 4. The molecule has 2 fully saturated rings. The molecule has 0 aliphatic carbocycles. The first kappa shape index (κ1) is 74.8. The van der Waals surface area contributed by atoms with Crippen LogP contribution in [0.4, 0.5) is 26.3 Å². The van der Waals surface area contributed by atoms with Gasteiger partial charge in [0.25, 0.3) is 0 Å². The van der Waals surface area contributed by atoms with E-state index in [1.54, 1.807) is 72.2 Å². The molecule has 0 bridgehead atoms. The van der Waals surface area contributed by atoms with Crippen LogP contribution in [0.25, 0.3) is 11.3 Å². The number of ether oxygens (including phenoxy) is 2. The number of nitrogens with zero attached hydrogens (tertiary/aromatic N) is 5. The zero-order valence-electron chi connectivity index (χ0n) is 55.7. The maximum atomic E-state index is 14.0. The van der Waals surface area contributed by atoms with Crippen molar-refractivity contribution in [1.82, 2.24) is 46.0 Å². The first-order valence-corrected chi connectivity index (χ1v) is 33.1. The predicted molar refractivity (Wildman–Crippen MR) is 356 cm³/mol. The van der Waals surface area contributed by atoms with Crippen LogP contribution in [0.15, 0.2) is 150 Å². The minimum Gasteiger partial charge on any atom is -0.490 e. The van der Waals surface area contributed by atoms with Gasteiger partial charge in [-0.1, -0.05) is 138 Å². The van der Waals surface area contributed by atoms with Gasteiger partial charge >= 0.3 is 12.4 Å². The van der Waals surface area contributed by atoms with E-state index in [1.165, 1.54) is 0 Å². The first-order chi connectivity index (χ1) is 47.0. The highest BCUT2D eigenvalue weighted by Gasteiger charge is 2.45. The second kappa shape index (κ2) is 33.2. The van der Waals surface area contributed by atoms with E-state index in [4.69, 9.17) is 20.4 Å². The lowest BCUT2D eigenvalue weighted by molar-refractivity contribution is -0.144. The lowest BCUT2D eigenvalue weighted by Crippen LogP contribution is -2.64. The number of benzene rings is 5. The Bertz CT molecular complexity index is 3670. The fourth-order valence-electron chi connectivity index (χ4n) is 13.1. The van der Waals surface area contributed by atoms with Crippen LogP contribution in [0.3, 0.4) is 0 Å². The van der Waals surface area contributed by atoms with Crippen LogP contribution in [0.1, 0.15) is 80.6 Å². The molecule has 26 heteroatoms. The summed E-state index contributed by atoms with van der Waals surface area (Å²) in [6.07, 6.45) is -7.13. The van der Waals surface area contributed by atoms with Gasteiger partial charge in [0.2, 0.25) is 23.6 Å². The molecule has 532 valence electrons. The van der Waals surface area contributed by atoms with E-state index in [-0.39, 0.29) is 83.6 Å². The Hall–Kier alpha value is -8.39. The number of amides is 4. The third-order valence-corrected chi connectivity index (χ3v) is 18.7. The quantitative estimate of drug-likeness (QED) is 0.0231. The molecule has 2 saturated heterocycles. The number of alkyl halides is 6. The van der Waals surface area contributed by atoms with Crippen molar-refractivity contribution >= 4 is 23.6 Å². The van der Waals surface area contributed by atoms with Crippen molar-refractivity contribution in [3.63, 3.8) is 0 Å². The van der Waals surface area contributed by atoms with Crippen molar-refractivity contribution in [2.45, 2.75) is 125 Å². The highest BCUT2D eigenvalue weighted by molar-refractivity contribution is 5.83. The molecule has 4 aliphatic rings. The summed E-state index contributed by atoms with van der Waals surface area (Å²) in [5.74, 6) is 0.449. The number of nitrogens with one attached hydrogen (secondary N) is 4. The summed E-state index contributed by atoms with van der Waals surface area (Å²) in [7, 11) is 0. The largest absolute Gasteiger partial charge is 0.490 e. The predicted octanol–water partition coefficient (Wildman–Crippen LogP) is 6.75. The minimum atomic E-state index is -4.61. The van der Waals surface area contributed by atoms with Crippen LogP contribution in [-0.2, 0) is 37.6 Å². The molecule has 20 nitrogen and oxygen atoms in total. The Morgan fingerprint density at radius 2 is 0.990 bits per heavy atom. The number of carbonyl (C=O) groups excluding carboxylic acids is 4. The molecular weight excluding hydrogens is 1290 g/mol. The second-order valence-corrected chi connectivity index (χ2v) is 26.6. The summed E-state index contributed by atoms with van der Waals surface area (Å²) in [4.78, 5) is 61.3. The molecule has 0 unspecified atom stereocenters. The summed E-state index contributed by atoms with van der Waals surface area (Å²) in [6, 6.07) is 40.7. The molecule has 5 heterocycles. The lowest BCUT2D eigenvalue weighted by atomic mass is 9.90. The molecule has 0 radical (unpaired) electrons. The van der Waals surface area contributed by atoms with Gasteiger partial charge in [-0.15, -0.1) is 6.42 Å². The Morgan fingerprint density at radius 3 is 1.42 bits per heavy atom. The number of hydrogen-bond acceptors (Lipinski definition) is 16. The molecule has 5 aromatic carbocycles. The fraction of sp³-hybridized carbons (Fsp3) is 0.466. The van der Waals surface area contributed by atoms with Crippen LogP contribution in [0.2, 0.25) is 0 Å².